The van der Waals surface area contributed by atoms with Gasteiger partial charge in [-0.15, -0.1) is 0 Å². The van der Waals surface area contributed by atoms with Crippen LogP contribution in [-0.4, -0.2) is 46.2 Å². The minimum atomic E-state index is -1.08. The number of aromatic hydroxyl groups is 2. The Labute approximate surface area is 272 Å². The van der Waals surface area contributed by atoms with Gasteiger partial charge in [-0.05, 0) is 118 Å². The minimum Gasteiger partial charge on any atom is -0.550 e. The Balaban J connectivity index is 0.000000962. The molecule has 44 heavy (non-hydrogen) atoms. The summed E-state index contributed by atoms with van der Waals surface area (Å²) >= 11 is 0. The van der Waals surface area contributed by atoms with Gasteiger partial charge >= 0.3 is 16.8 Å². The Bertz CT molecular complexity index is 1320. The summed E-state index contributed by atoms with van der Waals surface area (Å²) in [4.78, 5) is 27.9. The average molecular weight is 652 g/mol. The van der Waals surface area contributed by atoms with Gasteiger partial charge in [-0.3, -0.25) is 9.98 Å². The molecule has 0 amide bonds. The van der Waals surface area contributed by atoms with E-state index in [2.05, 4.69) is 52.0 Å². The monoisotopic (exact) mass is 651 g/mol. The van der Waals surface area contributed by atoms with Gasteiger partial charge in [-0.2, -0.15) is 0 Å². The number of carbonyl (C=O) groups excluding carboxylic acids is 2. The molecule has 2 aromatic carbocycles. The number of aryl methyl sites for hydroxylation is 2. The van der Waals surface area contributed by atoms with Crippen molar-refractivity contribution >= 4 is 24.4 Å². The maximum absolute atomic E-state index is 10.7. The number of hydrogen-bond donors (Lipinski definition) is 2. The summed E-state index contributed by atoms with van der Waals surface area (Å²) in [5.74, 6) is 0.257. The first-order valence-electron chi connectivity index (χ1n) is 15.1. The second kappa shape index (κ2) is 17.3. The van der Waals surface area contributed by atoms with Gasteiger partial charge in [-0.1, -0.05) is 39.8 Å². The third-order valence-corrected chi connectivity index (χ3v) is 7.73. The van der Waals surface area contributed by atoms with Crippen LogP contribution in [0.1, 0.15) is 101 Å². The Kier molecular flexibility index (Phi) is 15.3. The molecule has 2 saturated carbocycles. The molecule has 0 spiro atoms. The summed E-state index contributed by atoms with van der Waals surface area (Å²) in [6.45, 7) is 14.7. The smallest absolute Gasteiger partial charge is 0.550 e. The Morgan fingerprint density at radius 3 is 1.73 bits per heavy atom. The number of hydrogen-bond acceptors (Lipinski definition) is 8. The van der Waals surface area contributed by atoms with Crippen LogP contribution in [0, 0.1) is 31.6 Å². The Hall–Kier alpha value is -3.17. The molecule has 8 nitrogen and oxygen atoms in total. The third-order valence-electron chi connectivity index (χ3n) is 7.73. The summed E-state index contributed by atoms with van der Waals surface area (Å²) in [5, 5.41) is 39.2. The predicted molar refractivity (Wildman–Crippen MR) is 168 cm³/mol. The Morgan fingerprint density at radius 2 is 1.32 bits per heavy atom. The van der Waals surface area contributed by atoms with Crippen LogP contribution in [0.4, 0.5) is 0 Å². The van der Waals surface area contributed by atoms with Crippen molar-refractivity contribution in [2.24, 2.45) is 27.7 Å². The summed E-state index contributed by atoms with van der Waals surface area (Å²) in [6, 6.07) is 8.44. The Morgan fingerprint density at radius 1 is 0.886 bits per heavy atom. The second-order valence-electron chi connectivity index (χ2n) is 12.9. The molecule has 2 aromatic rings. The van der Waals surface area contributed by atoms with E-state index in [4.69, 9.17) is 29.8 Å². The quantitative estimate of drug-likeness (QED) is 0.403. The molecule has 4 rings (SSSR count). The third kappa shape index (κ3) is 11.7. The fourth-order valence-electron chi connectivity index (χ4n) is 6.11. The molecular weight excluding hydrogens is 603 g/mol. The van der Waals surface area contributed by atoms with Crippen molar-refractivity contribution in [3.63, 3.8) is 0 Å². The van der Waals surface area contributed by atoms with Gasteiger partial charge in [-0.25, -0.2) is 0 Å². The summed E-state index contributed by atoms with van der Waals surface area (Å²) in [6.07, 6.45) is 10.1. The van der Waals surface area contributed by atoms with Gasteiger partial charge in [0.1, 0.15) is 11.5 Å². The first-order chi connectivity index (χ1) is 20.0. The number of carboxylic acid groups (broad SMARTS) is 2. The number of phenols is 2. The van der Waals surface area contributed by atoms with Crippen LogP contribution in [0.2, 0.25) is 0 Å². The number of aliphatic imine (C=N–C) groups is 2. The van der Waals surface area contributed by atoms with E-state index in [9.17, 15) is 10.2 Å². The zero-order valence-corrected chi connectivity index (χ0v) is 28.3. The maximum Gasteiger partial charge on any atom is 2.00 e. The zero-order chi connectivity index (χ0) is 32.5. The van der Waals surface area contributed by atoms with Gasteiger partial charge in [0.05, 0.1) is 11.6 Å². The number of phenolic OH excluding ortho intramolecular Hbond substituents is 2. The van der Waals surface area contributed by atoms with Crippen molar-refractivity contribution in [1.82, 2.24) is 0 Å². The number of aliphatic carboxylic acids is 2. The molecule has 243 valence electrons. The molecule has 1 radical (unpaired) electrons. The van der Waals surface area contributed by atoms with E-state index in [-0.39, 0.29) is 28.4 Å². The van der Waals surface area contributed by atoms with Crippen LogP contribution < -0.4 is 10.2 Å². The summed E-state index contributed by atoms with van der Waals surface area (Å²) in [7, 11) is 0. The first-order valence-corrected chi connectivity index (χ1v) is 15.1. The number of nitrogens with zero attached hydrogens (tertiary/aromatic N) is 2. The first kappa shape index (κ1) is 38.9. The van der Waals surface area contributed by atoms with E-state index < -0.39 is 11.9 Å². The van der Waals surface area contributed by atoms with E-state index in [1.54, 1.807) is 0 Å². The van der Waals surface area contributed by atoms with E-state index in [0.29, 0.717) is 29.3 Å². The molecule has 2 N–H and O–H groups in total. The normalized spacial score (nSPS) is 20.3. The largest absolute Gasteiger partial charge is 2.00 e. The van der Waals surface area contributed by atoms with Gasteiger partial charge in [0.15, 0.2) is 0 Å². The van der Waals surface area contributed by atoms with Crippen molar-refractivity contribution in [2.45, 2.75) is 105 Å². The van der Waals surface area contributed by atoms with Crippen LogP contribution in [0.3, 0.4) is 0 Å². The molecule has 0 saturated heterocycles. The van der Waals surface area contributed by atoms with Crippen LogP contribution in [0.25, 0.3) is 0 Å². The topological polar surface area (TPSA) is 145 Å². The van der Waals surface area contributed by atoms with Crippen molar-refractivity contribution in [3.05, 3.63) is 57.6 Å². The predicted octanol–water partition coefficient (Wildman–Crippen LogP) is 4.47. The van der Waals surface area contributed by atoms with Gasteiger partial charge in [0.2, 0.25) is 0 Å². The average Bonchev–Trinajstić information content (AvgIpc) is 3.43. The van der Waals surface area contributed by atoms with E-state index >= 15 is 0 Å². The van der Waals surface area contributed by atoms with Gasteiger partial charge < -0.3 is 30.0 Å². The molecule has 9 heteroatoms. The molecule has 0 aliphatic heterocycles. The summed E-state index contributed by atoms with van der Waals surface area (Å²) < 4.78 is 0. The minimum absolute atomic E-state index is 0. The zero-order valence-electron chi connectivity index (χ0n) is 27.3. The van der Waals surface area contributed by atoms with Crippen molar-refractivity contribution in [2.75, 3.05) is 0 Å². The second-order valence-corrected chi connectivity index (χ2v) is 12.9. The molecule has 3 atom stereocenters. The maximum atomic E-state index is 10.7. The van der Waals surface area contributed by atoms with Crippen molar-refractivity contribution < 1.29 is 46.8 Å². The molecule has 2 bridgehead atoms. The van der Waals surface area contributed by atoms with Crippen LogP contribution >= 0.6 is 0 Å². The molecule has 2 aliphatic carbocycles. The molecular formula is C35H48CoN2O6. The molecule has 2 fully saturated rings. The molecule has 2 aliphatic rings. The van der Waals surface area contributed by atoms with E-state index in [1.165, 1.54) is 17.5 Å². The summed E-state index contributed by atoms with van der Waals surface area (Å²) in [5.41, 5.74) is 5.68. The fourth-order valence-corrected chi connectivity index (χ4v) is 6.11. The van der Waals surface area contributed by atoms with Gasteiger partial charge in [0.25, 0.3) is 0 Å². The molecule has 0 heterocycles. The number of benzene rings is 2. The molecule has 3 unspecified atom stereocenters. The van der Waals surface area contributed by atoms with Crippen molar-refractivity contribution in [1.29, 1.82) is 0 Å². The van der Waals surface area contributed by atoms with E-state index in [0.717, 1.165) is 68.2 Å². The number of carboxylic acids is 2. The fraction of sp³-hybridized carbons (Fsp3) is 0.543. The van der Waals surface area contributed by atoms with E-state index in [1.807, 2.05) is 26.3 Å². The van der Waals surface area contributed by atoms with Gasteiger partial charge in [0, 0.05) is 35.5 Å². The van der Waals surface area contributed by atoms with Crippen molar-refractivity contribution in [3.8, 4) is 11.5 Å². The van der Waals surface area contributed by atoms with Crippen LogP contribution in [0.15, 0.2) is 34.3 Å². The number of rotatable bonds is 8. The van der Waals surface area contributed by atoms with Crippen LogP contribution in [-0.2, 0) is 39.2 Å². The van der Waals surface area contributed by atoms with Crippen LogP contribution in [0.5, 0.6) is 11.5 Å². The number of fused-ring (bicyclic) bond motifs is 2. The SMILES string of the molecule is CC(=O)[O-].CC(=O)[O-].Cc1cc(CC(C)C)cc(C=NC2CC3CCC2(N=Cc2cc(CC(C)C)cc(C)c2O)C3)c1O.[Co+2]. The standard InChI is InChI=1S/C31H42N2O2.2C2H4O2.Co/c1-19(2)9-24-11-21(5)29(34)26(13-24)17-32-28-15-23-7-8-31(28,16-23)33-18-27-14-25(10-20(3)4)12-22(6)30(27)35;2*1-2(3)4;/h11-14,17-20,23,28,34-35H,7-10,15-16H2,1-6H3;2*1H3,(H,3,4);/q;;;+2/p-2. The number of carbonyl (C=O) groups is 2. The molecule has 0 aromatic heterocycles.